The Kier molecular flexibility index (Phi) is 4.89. The van der Waals surface area contributed by atoms with Crippen LogP contribution in [0.5, 0.6) is 5.75 Å². The fourth-order valence-corrected chi connectivity index (χ4v) is 2.55. The maximum Gasteiger partial charge on any atom is 0.197 e. The van der Waals surface area contributed by atoms with Crippen LogP contribution < -0.4 is 10.5 Å². The van der Waals surface area contributed by atoms with E-state index in [1.165, 1.54) is 7.11 Å². The molecule has 0 fully saturated rings. The first-order chi connectivity index (χ1) is 12.1. The number of nitriles is 4. The summed E-state index contributed by atoms with van der Waals surface area (Å²) in [6.45, 7) is 0. The van der Waals surface area contributed by atoms with Gasteiger partial charge in [-0.15, -0.1) is 0 Å². The number of ether oxygens (including phenoxy) is 1. The number of benzene rings is 2. The van der Waals surface area contributed by atoms with Gasteiger partial charge in [-0.2, -0.15) is 21.0 Å². The zero-order chi connectivity index (χ0) is 18.4. The molecule has 2 rings (SSSR count). The first-order valence-electron chi connectivity index (χ1n) is 7.22. The van der Waals surface area contributed by atoms with Crippen LogP contribution in [0.4, 0.5) is 5.69 Å². The quantitative estimate of drug-likeness (QED) is 0.859. The third-order valence-corrected chi connectivity index (χ3v) is 3.90. The van der Waals surface area contributed by atoms with Crippen LogP contribution in [0.2, 0.25) is 0 Å². The average Bonchev–Trinajstić information content (AvgIpc) is 2.66. The monoisotopic (exact) mass is 327 g/mol. The van der Waals surface area contributed by atoms with E-state index in [0.29, 0.717) is 28.1 Å². The van der Waals surface area contributed by atoms with Gasteiger partial charge in [0.2, 0.25) is 0 Å². The van der Waals surface area contributed by atoms with Crippen molar-refractivity contribution < 1.29 is 4.74 Å². The Morgan fingerprint density at radius 2 is 1.56 bits per heavy atom. The normalized spacial score (nSPS) is 10.2. The van der Waals surface area contributed by atoms with Gasteiger partial charge in [-0.1, -0.05) is 30.3 Å². The molecule has 0 atom stereocenters. The van der Waals surface area contributed by atoms with E-state index in [4.69, 9.17) is 21.0 Å². The number of anilines is 1. The van der Waals surface area contributed by atoms with E-state index in [1.54, 1.807) is 42.5 Å². The van der Waals surface area contributed by atoms with Gasteiger partial charge >= 0.3 is 0 Å². The smallest absolute Gasteiger partial charge is 0.197 e. The van der Waals surface area contributed by atoms with Gasteiger partial charge in [0.1, 0.15) is 5.75 Å². The molecule has 25 heavy (non-hydrogen) atoms. The summed E-state index contributed by atoms with van der Waals surface area (Å²) in [5.74, 6) is -0.571. The lowest BCUT2D eigenvalue weighted by atomic mass is 9.76. The molecular formula is C19H13N5O. The zero-order valence-electron chi connectivity index (χ0n) is 13.4. The molecule has 0 amide bonds. The maximum absolute atomic E-state index is 9.78. The SMILES string of the molecule is COc1cc(N)ccc1C(C#N)(C#N)c1ccc(C(C#N)C#N)cc1. The van der Waals surface area contributed by atoms with Gasteiger partial charge in [-0.05, 0) is 17.2 Å². The van der Waals surface area contributed by atoms with Crippen LogP contribution in [-0.2, 0) is 5.41 Å². The van der Waals surface area contributed by atoms with Crippen molar-refractivity contribution >= 4 is 5.69 Å². The second-order valence-electron chi connectivity index (χ2n) is 5.25. The Morgan fingerprint density at radius 1 is 0.960 bits per heavy atom. The number of nitrogens with zero attached hydrogens (tertiary/aromatic N) is 4. The number of rotatable bonds is 4. The second kappa shape index (κ2) is 7.05. The summed E-state index contributed by atoms with van der Waals surface area (Å²) in [4.78, 5) is 0. The van der Waals surface area contributed by atoms with Crippen molar-refractivity contribution in [3.63, 3.8) is 0 Å². The lowest BCUT2D eigenvalue weighted by molar-refractivity contribution is 0.407. The average molecular weight is 327 g/mol. The van der Waals surface area contributed by atoms with Crippen molar-refractivity contribution in [2.75, 3.05) is 12.8 Å². The van der Waals surface area contributed by atoms with Crippen molar-refractivity contribution in [1.29, 1.82) is 21.0 Å². The summed E-state index contributed by atoms with van der Waals surface area (Å²) in [6, 6.07) is 18.9. The predicted molar refractivity (Wildman–Crippen MR) is 89.8 cm³/mol. The maximum atomic E-state index is 9.78. The molecule has 0 bridgehead atoms. The van der Waals surface area contributed by atoms with Crippen LogP contribution in [0.25, 0.3) is 0 Å². The number of nitrogen functional groups attached to an aromatic ring is 1. The van der Waals surface area contributed by atoms with Gasteiger partial charge in [-0.25, -0.2) is 0 Å². The van der Waals surface area contributed by atoms with Gasteiger partial charge in [0.05, 0.1) is 31.4 Å². The Hall–Kier alpha value is -4.00. The van der Waals surface area contributed by atoms with E-state index in [9.17, 15) is 10.5 Å². The molecule has 0 aliphatic carbocycles. The molecule has 0 saturated carbocycles. The van der Waals surface area contributed by atoms with Crippen LogP contribution in [0.15, 0.2) is 42.5 Å². The molecule has 2 aromatic carbocycles. The van der Waals surface area contributed by atoms with E-state index in [0.717, 1.165) is 0 Å². The third kappa shape index (κ3) is 2.93. The van der Waals surface area contributed by atoms with Crippen molar-refractivity contribution in [2.45, 2.75) is 11.3 Å². The minimum Gasteiger partial charge on any atom is -0.496 e. The predicted octanol–water partition coefficient (Wildman–Crippen LogP) is 2.74. The van der Waals surface area contributed by atoms with E-state index < -0.39 is 11.3 Å². The summed E-state index contributed by atoms with van der Waals surface area (Å²) in [5, 5.41) is 37.5. The zero-order valence-corrected chi connectivity index (χ0v) is 13.4. The molecule has 2 aromatic rings. The van der Waals surface area contributed by atoms with Crippen LogP contribution >= 0.6 is 0 Å². The fourth-order valence-electron chi connectivity index (χ4n) is 2.55. The lowest BCUT2D eigenvalue weighted by Crippen LogP contribution is -2.24. The minimum atomic E-state index is -1.60. The van der Waals surface area contributed by atoms with E-state index >= 15 is 0 Å². The molecule has 0 aliphatic rings. The Morgan fingerprint density at radius 3 is 2.04 bits per heavy atom. The van der Waals surface area contributed by atoms with Crippen molar-refractivity contribution in [3.8, 4) is 30.0 Å². The molecule has 6 nitrogen and oxygen atoms in total. The van der Waals surface area contributed by atoms with E-state index in [-0.39, 0.29) is 0 Å². The minimum absolute atomic E-state index is 0.333. The van der Waals surface area contributed by atoms with E-state index in [2.05, 4.69) is 12.1 Å². The van der Waals surface area contributed by atoms with Crippen molar-refractivity contribution in [1.82, 2.24) is 0 Å². The highest BCUT2D eigenvalue weighted by atomic mass is 16.5. The lowest BCUT2D eigenvalue weighted by Gasteiger charge is -2.22. The molecule has 6 heteroatoms. The first-order valence-corrected chi connectivity index (χ1v) is 7.22. The summed E-state index contributed by atoms with van der Waals surface area (Å²) < 4.78 is 5.29. The molecule has 0 aromatic heterocycles. The van der Waals surface area contributed by atoms with Crippen molar-refractivity contribution in [3.05, 3.63) is 59.2 Å². The molecule has 0 aliphatic heterocycles. The molecule has 0 unspecified atom stereocenters. The Balaban J connectivity index is 2.64. The second-order valence-corrected chi connectivity index (χ2v) is 5.25. The highest BCUT2D eigenvalue weighted by Gasteiger charge is 2.37. The molecule has 0 spiro atoms. The molecule has 2 N–H and O–H groups in total. The van der Waals surface area contributed by atoms with Gasteiger partial charge in [0, 0.05) is 17.3 Å². The number of hydrogen-bond donors (Lipinski definition) is 1. The van der Waals surface area contributed by atoms with Crippen LogP contribution in [0.1, 0.15) is 22.6 Å². The van der Waals surface area contributed by atoms with Gasteiger partial charge in [0.15, 0.2) is 11.3 Å². The topological polar surface area (TPSA) is 130 Å². The van der Waals surface area contributed by atoms with Crippen LogP contribution in [0.3, 0.4) is 0 Å². The number of methoxy groups -OCH3 is 1. The summed E-state index contributed by atoms with van der Waals surface area (Å²) in [6.07, 6.45) is 0. The molecule has 0 saturated heterocycles. The first kappa shape index (κ1) is 17.4. The van der Waals surface area contributed by atoms with Gasteiger partial charge in [-0.3, -0.25) is 0 Å². The summed E-state index contributed by atoms with van der Waals surface area (Å²) in [7, 11) is 1.44. The summed E-state index contributed by atoms with van der Waals surface area (Å²) >= 11 is 0. The third-order valence-electron chi connectivity index (χ3n) is 3.90. The molecular weight excluding hydrogens is 314 g/mol. The summed E-state index contributed by atoms with van der Waals surface area (Å²) in [5.41, 5.74) is 5.88. The Labute approximate surface area is 145 Å². The van der Waals surface area contributed by atoms with Crippen LogP contribution in [-0.4, -0.2) is 7.11 Å². The van der Waals surface area contributed by atoms with E-state index in [1.807, 2.05) is 12.1 Å². The fraction of sp³-hybridized carbons (Fsp3) is 0.158. The highest BCUT2D eigenvalue weighted by Crippen LogP contribution is 2.38. The number of hydrogen-bond acceptors (Lipinski definition) is 6. The van der Waals surface area contributed by atoms with Crippen LogP contribution in [0, 0.1) is 45.3 Å². The number of nitrogens with two attached hydrogens (primary N) is 1. The molecule has 120 valence electrons. The molecule has 0 heterocycles. The molecule has 0 radical (unpaired) electrons. The Bertz CT molecular complexity index is 924. The van der Waals surface area contributed by atoms with Crippen molar-refractivity contribution in [2.24, 2.45) is 0 Å². The highest BCUT2D eigenvalue weighted by molar-refractivity contribution is 5.61. The van der Waals surface area contributed by atoms with Gasteiger partial charge in [0.25, 0.3) is 0 Å². The largest absolute Gasteiger partial charge is 0.496 e. The standard InChI is InChI=1S/C19H13N5O/c1-25-18-8-16(24)6-7-17(18)19(11-22,12-23)15-4-2-13(3-5-15)14(9-20)10-21/h2-8,14H,24H2,1H3. The van der Waals surface area contributed by atoms with Gasteiger partial charge < -0.3 is 10.5 Å².